The van der Waals surface area contributed by atoms with Crippen LogP contribution in [-0.2, 0) is 16.1 Å². The smallest absolute Gasteiger partial charge is 0.310 e. The average Bonchev–Trinajstić information content (AvgIpc) is 3.70. The standard InChI is InChI=1S/C36H38N6O2/c1-24-5-3-7-33(40-24)35-34(38-23-39-35)27-12-13-32-29(17-27)18-30(19-37-32)26-10-8-25(9-11-26)20-42-15-4-6-28(21-42)36(43)44-31-14-16-41(2)22-31/h3,5,7-13,17-19,23,28,31H,4,6,14-16,20-22H2,1-2H3,(H,38,39)/t28-,31+/m1/s1. The van der Waals surface area contributed by atoms with Gasteiger partial charge in [0.15, 0.2) is 0 Å². The van der Waals surface area contributed by atoms with Crippen molar-refractivity contribution in [1.82, 2.24) is 29.7 Å². The summed E-state index contributed by atoms with van der Waals surface area (Å²) in [6, 6.07) is 23.2. The number of carbonyl (C=O) groups is 1. The number of hydrogen-bond donors (Lipinski definition) is 1. The predicted molar refractivity (Wildman–Crippen MR) is 173 cm³/mol. The third-order valence-corrected chi connectivity index (χ3v) is 8.90. The molecular formula is C36H38N6O2. The first-order chi connectivity index (χ1) is 21.5. The summed E-state index contributed by atoms with van der Waals surface area (Å²) in [5.41, 5.74) is 9.03. The quantitative estimate of drug-likeness (QED) is 0.230. The van der Waals surface area contributed by atoms with Gasteiger partial charge in [-0.15, -0.1) is 0 Å². The van der Waals surface area contributed by atoms with E-state index in [1.807, 2.05) is 37.4 Å². The number of benzene rings is 2. The number of ether oxygens (including phenoxy) is 1. The van der Waals surface area contributed by atoms with Crippen LogP contribution in [0.2, 0.25) is 0 Å². The summed E-state index contributed by atoms with van der Waals surface area (Å²) in [5, 5.41) is 1.06. The highest BCUT2D eigenvalue weighted by molar-refractivity contribution is 5.89. The van der Waals surface area contributed by atoms with E-state index in [9.17, 15) is 4.79 Å². The fraction of sp³-hybridized carbons (Fsp3) is 0.333. The van der Waals surface area contributed by atoms with E-state index in [-0.39, 0.29) is 18.0 Å². The summed E-state index contributed by atoms with van der Waals surface area (Å²) >= 11 is 0. The third-order valence-electron chi connectivity index (χ3n) is 8.90. The fourth-order valence-corrected chi connectivity index (χ4v) is 6.53. The molecule has 0 aliphatic carbocycles. The van der Waals surface area contributed by atoms with E-state index in [2.05, 4.69) is 74.3 Å². The summed E-state index contributed by atoms with van der Waals surface area (Å²) in [5.74, 6) is -0.0548. The number of aryl methyl sites for hydroxylation is 1. The van der Waals surface area contributed by atoms with Crippen molar-refractivity contribution in [3.8, 4) is 33.8 Å². The minimum absolute atomic E-state index is 0.0207. The lowest BCUT2D eigenvalue weighted by atomic mass is 9.97. The van der Waals surface area contributed by atoms with Crippen molar-refractivity contribution in [2.45, 2.75) is 38.8 Å². The molecule has 44 heavy (non-hydrogen) atoms. The van der Waals surface area contributed by atoms with Gasteiger partial charge in [0.2, 0.25) is 0 Å². The van der Waals surface area contributed by atoms with Crippen molar-refractivity contribution in [1.29, 1.82) is 0 Å². The first kappa shape index (κ1) is 28.4. The molecule has 2 aromatic carbocycles. The maximum absolute atomic E-state index is 12.9. The number of fused-ring (bicyclic) bond motifs is 1. The molecule has 0 spiro atoms. The van der Waals surface area contributed by atoms with E-state index in [4.69, 9.17) is 9.72 Å². The second kappa shape index (κ2) is 12.3. The highest BCUT2D eigenvalue weighted by Gasteiger charge is 2.30. The van der Waals surface area contributed by atoms with Gasteiger partial charge in [-0.05, 0) is 81.2 Å². The predicted octanol–water partition coefficient (Wildman–Crippen LogP) is 6.12. The average molecular weight is 587 g/mol. The summed E-state index contributed by atoms with van der Waals surface area (Å²) < 4.78 is 5.85. The summed E-state index contributed by atoms with van der Waals surface area (Å²) in [4.78, 5) is 34.8. The van der Waals surface area contributed by atoms with Gasteiger partial charge in [-0.1, -0.05) is 36.4 Å². The van der Waals surface area contributed by atoms with Crippen LogP contribution in [0.4, 0.5) is 0 Å². The summed E-state index contributed by atoms with van der Waals surface area (Å²) in [6.45, 7) is 6.44. The Hall–Kier alpha value is -4.40. The number of pyridine rings is 2. The molecule has 1 N–H and O–H groups in total. The second-order valence-electron chi connectivity index (χ2n) is 12.3. The number of likely N-dealkylation sites (N-methyl/N-ethyl adjacent to an activating group) is 1. The molecule has 8 nitrogen and oxygen atoms in total. The van der Waals surface area contributed by atoms with E-state index >= 15 is 0 Å². The monoisotopic (exact) mass is 586 g/mol. The van der Waals surface area contributed by atoms with E-state index in [1.165, 1.54) is 5.56 Å². The molecular weight excluding hydrogens is 548 g/mol. The Kier molecular flexibility index (Phi) is 7.93. The number of imidazole rings is 1. The molecule has 224 valence electrons. The number of H-pyrrole nitrogens is 1. The van der Waals surface area contributed by atoms with Crippen LogP contribution in [-0.4, -0.2) is 75.0 Å². The van der Waals surface area contributed by atoms with Crippen molar-refractivity contribution >= 4 is 16.9 Å². The van der Waals surface area contributed by atoms with Gasteiger partial charge in [0.05, 0.1) is 34.8 Å². The number of rotatable bonds is 7. The number of esters is 1. The van der Waals surface area contributed by atoms with Crippen LogP contribution >= 0.6 is 0 Å². The number of nitrogens with zero attached hydrogens (tertiary/aromatic N) is 5. The first-order valence-electron chi connectivity index (χ1n) is 15.6. The Labute approximate surface area is 258 Å². The Morgan fingerprint density at radius 3 is 2.61 bits per heavy atom. The molecule has 0 radical (unpaired) electrons. The minimum atomic E-state index is -0.0342. The second-order valence-corrected chi connectivity index (χ2v) is 12.3. The van der Waals surface area contributed by atoms with E-state index in [1.54, 1.807) is 6.33 Å². The van der Waals surface area contributed by atoms with Gasteiger partial charge in [0, 0.05) is 54.6 Å². The molecule has 7 rings (SSSR count). The van der Waals surface area contributed by atoms with Gasteiger partial charge in [0.25, 0.3) is 0 Å². The molecule has 0 amide bonds. The largest absolute Gasteiger partial charge is 0.461 e. The van der Waals surface area contributed by atoms with Gasteiger partial charge >= 0.3 is 5.97 Å². The minimum Gasteiger partial charge on any atom is -0.461 e. The van der Waals surface area contributed by atoms with Crippen LogP contribution in [0.15, 0.2) is 79.3 Å². The SMILES string of the molecule is Cc1cccc(-c2[nH]cnc2-c2ccc3ncc(-c4ccc(CN5CCC[C@@H](C(=O)O[C@H]6CCN(C)C6)C5)cc4)cc3c2)n1. The van der Waals surface area contributed by atoms with Gasteiger partial charge in [-0.2, -0.15) is 0 Å². The lowest BCUT2D eigenvalue weighted by Crippen LogP contribution is -2.40. The molecule has 5 aromatic rings. The Bertz CT molecular complexity index is 1780. The number of piperidine rings is 1. The van der Waals surface area contributed by atoms with Crippen LogP contribution in [0.3, 0.4) is 0 Å². The molecule has 8 heteroatoms. The summed E-state index contributed by atoms with van der Waals surface area (Å²) in [6.07, 6.45) is 6.59. The van der Waals surface area contributed by atoms with Crippen LogP contribution in [0.1, 0.15) is 30.5 Å². The zero-order valence-corrected chi connectivity index (χ0v) is 25.4. The molecule has 2 aliphatic heterocycles. The maximum atomic E-state index is 12.9. The number of hydrogen-bond acceptors (Lipinski definition) is 7. The maximum Gasteiger partial charge on any atom is 0.310 e. The highest BCUT2D eigenvalue weighted by atomic mass is 16.5. The number of likely N-dealkylation sites (tertiary alicyclic amines) is 2. The van der Waals surface area contributed by atoms with Crippen molar-refractivity contribution in [3.63, 3.8) is 0 Å². The Morgan fingerprint density at radius 1 is 0.955 bits per heavy atom. The fourth-order valence-electron chi connectivity index (χ4n) is 6.53. The molecule has 3 aromatic heterocycles. The zero-order valence-electron chi connectivity index (χ0n) is 25.4. The van der Waals surface area contributed by atoms with Gasteiger partial charge in [-0.3, -0.25) is 19.7 Å². The third kappa shape index (κ3) is 6.14. The summed E-state index contributed by atoms with van der Waals surface area (Å²) in [7, 11) is 2.08. The van der Waals surface area contributed by atoms with E-state index < -0.39 is 0 Å². The van der Waals surface area contributed by atoms with Crippen LogP contribution in [0.5, 0.6) is 0 Å². The van der Waals surface area contributed by atoms with Crippen LogP contribution < -0.4 is 0 Å². The number of aromatic nitrogens is 4. The van der Waals surface area contributed by atoms with Crippen molar-refractivity contribution in [3.05, 3.63) is 90.5 Å². The van der Waals surface area contributed by atoms with Gasteiger partial charge in [-0.25, -0.2) is 4.98 Å². The van der Waals surface area contributed by atoms with Crippen molar-refractivity contribution in [2.24, 2.45) is 5.92 Å². The molecule has 2 saturated heterocycles. The highest BCUT2D eigenvalue weighted by Crippen LogP contribution is 2.31. The molecule has 2 atom stereocenters. The van der Waals surface area contributed by atoms with E-state index in [0.29, 0.717) is 0 Å². The molecule has 5 heterocycles. The normalized spacial score (nSPS) is 19.4. The molecule has 0 bridgehead atoms. The van der Waals surface area contributed by atoms with Gasteiger partial charge < -0.3 is 14.6 Å². The van der Waals surface area contributed by atoms with E-state index in [0.717, 1.165) is 102 Å². The molecule has 0 unspecified atom stereocenters. The Morgan fingerprint density at radius 2 is 1.80 bits per heavy atom. The lowest BCUT2D eigenvalue weighted by molar-refractivity contribution is -0.155. The topological polar surface area (TPSA) is 87.2 Å². The van der Waals surface area contributed by atoms with Crippen molar-refractivity contribution in [2.75, 3.05) is 33.2 Å². The van der Waals surface area contributed by atoms with Crippen molar-refractivity contribution < 1.29 is 9.53 Å². The van der Waals surface area contributed by atoms with Crippen LogP contribution in [0.25, 0.3) is 44.7 Å². The number of aromatic amines is 1. The number of nitrogens with one attached hydrogen (secondary N) is 1. The lowest BCUT2D eigenvalue weighted by Gasteiger charge is -2.32. The molecule has 2 aliphatic rings. The first-order valence-corrected chi connectivity index (χ1v) is 15.6. The Balaban J connectivity index is 1.04. The van der Waals surface area contributed by atoms with Crippen LogP contribution in [0, 0.1) is 12.8 Å². The molecule has 2 fully saturated rings. The molecule has 0 saturated carbocycles. The van der Waals surface area contributed by atoms with Gasteiger partial charge in [0.1, 0.15) is 6.10 Å². The number of carbonyl (C=O) groups excluding carboxylic acids is 1. The zero-order chi connectivity index (χ0) is 30.0.